The minimum atomic E-state index is -0.157. The van der Waals surface area contributed by atoms with Gasteiger partial charge in [-0.2, -0.15) is 0 Å². The fourth-order valence-electron chi connectivity index (χ4n) is 3.12. The van der Waals surface area contributed by atoms with Crippen LogP contribution in [0.2, 0.25) is 0 Å². The molecule has 3 heterocycles. The summed E-state index contributed by atoms with van der Waals surface area (Å²) in [4.78, 5) is 14.6. The highest BCUT2D eigenvalue weighted by molar-refractivity contribution is 5.92. The van der Waals surface area contributed by atoms with Gasteiger partial charge in [-0.15, -0.1) is 10.2 Å². The molecule has 1 saturated carbocycles. The van der Waals surface area contributed by atoms with E-state index in [1.165, 1.54) is 0 Å². The monoisotopic (exact) mass is 331 g/mol. The Labute approximate surface area is 139 Å². The minimum absolute atomic E-state index is 0.112. The molecule has 4 rings (SSSR count). The van der Waals surface area contributed by atoms with Crippen LogP contribution < -0.4 is 0 Å². The number of ether oxygens (including phenoxy) is 1. The molecule has 0 bridgehead atoms. The summed E-state index contributed by atoms with van der Waals surface area (Å²) in [7, 11) is 0. The van der Waals surface area contributed by atoms with E-state index in [0.29, 0.717) is 37.9 Å². The summed E-state index contributed by atoms with van der Waals surface area (Å²) >= 11 is 0. The molecule has 8 heteroatoms. The predicted molar refractivity (Wildman–Crippen MR) is 83.3 cm³/mol. The van der Waals surface area contributed by atoms with Crippen molar-refractivity contribution in [2.45, 2.75) is 51.8 Å². The van der Waals surface area contributed by atoms with Gasteiger partial charge in [0.05, 0.1) is 6.04 Å². The maximum atomic E-state index is 12.8. The van der Waals surface area contributed by atoms with Gasteiger partial charge in [-0.05, 0) is 26.7 Å². The first-order chi connectivity index (χ1) is 11.7. The van der Waals surface area contributed by atoms with Crippen LogP contribution in [-0.2, 0) is 17.9 Å². The summed E-state index contributed by atoms with van der Waals surface area (Å²) in [5, 5.41) is 12.4. The van der Waals surface area contributed by atoms with Gasteiger partial charge >= 0.3 is 0 Å². The van der Waals surface area contributed by atoms with Crippen LogP contribution in [0.5, 0.6) is 0 Å². The molecular formula is C16H21N5O3. The number of carbonyl (C=O) groups is 1. The van der Waals surface area contributed by atoms with Crippen molar-refractivity contribution in [1.29, 1.82) is 0 Å². The van der Waals surface area contributed by atoms with Crippen molar-refractivity contribution in [2.24, 2.45) is 0 Å². The third-order valence-corrected chi connectivity index (χ3v) is 4.69. The van der Waals surface area contributed by atoms with Crippen LogP contribution in [0, 0.1) is 0 Å². The fourth-order valence-corrected chi connectivity index (χ4v) is 3.12. The third-order valence-electron chi connectivity index (χ3n) is 4.69. The Kier molecular flexibility index (Phi) is 3.84. The summed E-state index contributed by atoms with van der Waals surface area (Å²) in [6.07, 6.45) is 2.24. The van der Waals surface area contributed by atoms with Gasteiger partial charge in [0.2, 0.25) is 0 Å². The normalized spacial score (nSPS) is 20.2. The lowest BCUT2D eigenvalue weighted by Gasteiger charge is -2.33. The molecule has 2 aliphatic rings. The van der Waals surface area contributed by atoms with Gasteiger partial charge in [0.25, 0.3) is 5.91 Å². The van der Waals surface area contributed by atoms with Gasteiger partial charge in [-0.25, -0.2) is 0 Å². The molecule has 1 aliphatic heterocycles. The summed E-state index contributed by atoms with van der Waals surface area (Å²) < 4.78 is 12.8. The quantitative estimate of drug-likeness (QED) is 0.831. The van der Waals surface area contributed by atoms with Crippen LogP contribution >= 0.6 is 0 Å². The zero-order valence-corrected chi connectivity index (χ0v) is 13.9. The van der Waals surface area contributed by atoms with Crippen molar-refractivity contribution >= 4 is 5.91 Å². The molecule has 2 aromatic rings. The first kappa shape index (κ1) is 15.3. The van der Waals surface area contributed by atoms with E-state index in [1.54, 1.807) is 11.0 Å². The predicted octanol–water partition coefficient (Wildman–Crippen LogP) is 1.90. The van der Waals surface area contributed by atoms with Crippen LogP contribution in [0.15, 0.2) is 10.6 Å². The lowest BCUT2D eigenvalue weighted by molar-refractivity contribution is 0.0619. The van der Waals surface area contributed by atoms with Crippen LogP contribution in [0.4, 0.5) is 0 Å². The largest absolute Gasteiger partial charge is 0.374 e. The zero-order valence-electron chi connectivity index (χ0n) is 13.9. The second-order valence-corrected chi connectivity index (χ2v) is 6.33. The number of rotatable bonds is 5. The summed E-state index contributed by atoms with van der Waals surface area (Å²) in [5.41, 5.74) is 0.381. The Balaban J connectivity index is 1.52. The number of hydrogen-bond donors (Lipinski definition) is 0. The standard InChI is InChI=1S/C16H21N5O3/c1-3-23-9-14-17-18-15-10(2)20(6-7-21(14)15)16(22)12-8-13(24-19-12)11-4-5-11/h8,10-11H,3-7,9H2,1-2H3. The Hall–Kier alpha value is -2.22. The van der Waals surface area contributed by atoms with Gasteiger partial charge in [0.1, 0.15) is 12.4 Å². The zero-order chi connectivity index (χ0) is 16.7. The van der Waals surface area contributed by atoms with Gasteiger partial charge in [0.15, 0.2) is 17.3 Å². The van der Waals surface area contributed by atoms with E-state index in [2.05, 4.69) is 15.4 Å². The number of amides is 1. The van der Waals surface area contributed by atoms with Crippen molar-refractivity contribution in [3.63, 3.8) is 0 Å². The van der Waals surface area contributed by atoms with Crippen LogP contribution in [0.3, 0.4) is 0 Å². The maximum absolute atomic E-state index is 12.8. The van der Waals surface area contributed by atoms with E-state index in [9.17, 15) is 4.79 Å². The molecular weight excluding hydrogens is 310 g/mol. The molecule has 1 unspecified atom stereocenters. The number of fused-ring (bicyclic) bond motifs is 1. The lowest BCUT2D eigenvalue weighted by atomic mass is 10.1. The highest BCUT2D eigenvalue weighted by Gasteiger charge is 2.34. The summed E-state index contributed by atoms with van der Waals surface area (Å²) in [6, 6.07) is 1.63. The second-order valence-electron chi connectivity index (χ2n) is 6.33. The van der Waals surface area contributed by atoms with E-state index in [0.717, 1.165) is 30.3 Å². The number of carbonyl (C=O) groups excluding carboxylic acids is 1. The van der Waals surface area contributed by atoms with Crippen molar-refractivity contribution in [3.05, 3.63) is 29.2 Å². The molecule has 128 valence electrons. The molecule has 2 aromatic heterocycles. The molecule has 0 spiro atoms. The fraction of sp³-hybridized carbons (Fsp3) is 0.625. The lowest BCUT2D eigenvalue weighted by Crippen LogP contribution is -2.41. The smallest absolute Gasteiger partial charge is 0.276 e. The molecule has 1 amide bonds. The second kappa shape index (κ2) is 6.01. The molecule has 24 heavy (non-hydrogen) atoms. The highest BCUT2D eigenvalue weighted by atomic mass is 16.5. The number of hydrogen-bond acceptors (Lipinski definition) is 6. The van der Waals surface area contributed by atoms with Crippen LogP contribution in [-0.4, -0.2) is 43.9 Å². The number of aromatic nitrogens is 4. The highest BCUT2D eigenvalue weighted by Crippen LogP contribution is 2.40. The topological polar surface area (TPSA) is 86.3 Å². The summed E-state index contributed by atoms with van der Waals surface area (Å²) in [5.74, 6) is 2.75. The van der Waals surface area contributed by atoms with Crippen LogP contribution in [0.25, 0.3) is 0 Å². The minimum Gasteiger partial charge on any atom is -0.374 e. The first-order valence-corrected chi connectivity index (χ1v) is 8.46. The molecule has 0 aromatic carbocycles. The molecule has 8 nitrogen and oxygen atoms in total. The van der Waals surface area contributed by atoms with Gasteiger partial charge in [0, 0.05) is 31.7 Å². The Morgan fingerprint density at radius 1 is 1.38 bits per heavy atom. The van der Waals surface area contributed by atoms with Crippen molar-refractivity contribution < 1.29 is 14.1 Å². The van der Waals surface area contributed by atoms with E-state index < -0.39 is 0 Å². The molecule has 1 aliphatic carbocycles. The van der Waals surface area contributed by atoms with E-state index >= 15 is 0 Å². The van der Waals surface area contributed by atoms with E-state index in [-0.39, 0.29) is 11.9 Å². The SMILES string of the molecule is CCOCc1nnc2n1CCN(C(=O)c1cc(C3CC3)on1)C2C. The molecule has 1 fully saturated rings. The number of nitrogens with zero attached hydrogens (tertiary/aromatic N) is 5. The van der Waals surface area contributed by atoms with Gasteiger partial charge in [-0.1, -0.05) is 5.16 Å². The Bertz CT molecular complexity index is 749. The van der Waals surface area contributed by atoms with E-state index in [1.807, 2.05) is 18.4 Å². The van der Waals surface area contributed by atoms with E-state index in [4.69, 9.17) is 9.26 Å². The average molecular weight is 331 g/mol. The molecule has 0 radical (unpaired) electrons. The van der Waals surface area contributed by atoms with Gasteiger partial charge < -0.3 is 18.7 Å². The molecule has 1 atom stereocenters. The maximum Gasteiger partial charge on any atom is 0.276 e. The Morgan fingerprint density at radius 2 is 2.21 bits per heavy atom. The first-order valence-electron chi connectivity index (χ1n) is 8.46. The molecule has 0 saturated heterocycles. The van der Waals surface area contributed by atoms with Crippen molar-refractivity contribution in [3.8, 4) is 0 Å². The Morgan fingerprint density at radius 3 is 2.96 bits per heavy atom. The van der Waals surface area contributed by atoms with Crippen molar-refractivity contribution in [2.75, 3.05) is 13.2 Å². The molecule has 0 N–H and O–H groups in total. The third kappa shape index (κ3) is 2.60. The van der Waals surface area contributed by atoms with Crippen LogP contribution in [0.1, 0.15) is 66.5 Å². The average Bonchev–Trinajstić information content (AvgIpc) is 3.17. The summed E-state index contributed by atoms with van der Waals surface area (Å²) in [6.45, 7) is 6.24. The van der Waals surface area contributed by atoms with Gasteiger partial charge in [-0.3, -0.25) is 4.79 Å². The van der Waals surface area contributed by atoms with Crippen molar-refractivity contribution in [1.82, 2.24) is 24.8 Å².